The number of hydrogen-bond acceptors (Lipinski definition) is 2. The van der Waals surface area contributed by atoms with Crippen LogP contribution in [0.2, 0.25) is 0 Å². The van der Waals surface area contributed by atoms with Crippen LogP contribution in [-0.4, -0.2) is 6.54 Å². The zero-order valence-electron chi connectivity index (χ0n) is 9.63. The average Bonchev–Trinajstić information content (AvgIpc) is 2.52. The molecule has 0 fully saturated rings. The molecule has 1 atom stereocenters. The highest BCUT2D eigenvalue weighted by Gasteiger charge is 2.19. The van der Waals surface area contributed by atoms with Crippen molar-refractivity contribution in [3.8, 4) is 0 Å². The van der Waals surface area contributed by atoms with E-state index in [1.807, 2.05) is 0 Å². The van der Waals surface area contributed by atoms with Gasteiger partial charge in [-0.3, -0.25) is 0 Å². The van der Waals surface area contributed by atoms with Crippen LogP contribution in [0.15, 0.2) is 16.8 Å². The summed E-state index contributed by atoms with van der Waals surface area (Å²) >= 11 is 1.78. The van der Waals surface area contributed by atoms with Gasteiger partial charge in [-0.2, -0.15) is 11.3 Å². The predicted molar refractivity (Wildman–Crippen MR) is 64.8 cm³/mol. The van der Waals surface area contributed by atoms with Gasteiger partial charge < -0.3 is 5.32 Å². The number of thiophene rings is 1. The molecule has 0 radical (unpaired) electrons. The van der Waals surface area contributed by atoms with Crippen molar-refractivity contribution in [3.63, 3.8) is 0 Å². The Morgan fingerprint density at radius 3 is 2.57 bits per heavy atom. The van der Waals surface area contributed by atoms with Crippen molar-refractivity contribution in [2.24, 2.45) is 5.41 Å². The molecular formula is C12H21NS. The molecule has 0 aromatic carbocycles. The summed E-state index contributed by atoms with van der Waals surface area (Å²) in [5.74, 6) is 0. The summed E-state index contributed by atoms with van der Waals surface area (Å²) in [5.41, 5.74) is 1.82. The number of hydrogen-bond donors (Lipinski definition) is 1. The van der Waals surface area contributed by atoms with Crippen LogP contribution in [0, 0.1) is 5.41 Å². The lowest BCUT2D eigenvalue weighted by Gasteiger charge is -2.26. The van der Waals surface area contributed by atoms with Gasteiger partial charge in [0.2, 0.25) is 0 Å². The van der Waals surface area contributed by atoms with Gasteiger partial charge in [-0.05, 0) is 40.8 Å². The molecule has 0 saturated heterocycles. The van der Waals surface area contributed by atoms with Crippen molar-refractivity contribution < 1.29 is 0 Å². The fourth-order valence-corrected chi connectivity index (χ4v) is 2.35. The van der Waals surface area contributed by atoms with Gasteiger partial charge in [0.1, 0.15) is 0 Å². The van der Waals surface area contributed by atoms with E-state index in [0.717, 1.165) is 6.54 Å². The van der Waals surface area contributed by atoms with Crippen LogP contribution >= 0.6 is 11.3 Å². The van der Waals surface area contributed by atoms with Gasteiger partial charge in [0.05, 0.1) is 0 Å². The summed E-state index contributed by atoms with van der Waals surface area (Å²) in [5, 5.41) is 7.95. The van der Waals surface area contributed by atoms with Crippen LogP contribution in [0.4, 0.5) is 0 Å². The molecular weight excluding hydrogens is 190 g/mol. The molecule has 2 heteroatoms. The van der Waals surface area contributed by atoms with Crippen LogP contribution in [-0.2, 0) is 0 Å². The Balaban J connectivity index is 2.65. The van der Waals surface area contributed by atoms with E-state index in [1.54, 1.807) is 11.3 Å². The zero-order chi connectivity index (χ0) is 10.6. The minimum atomic E-state index is 0.384. The van der Waals surface area contributed by atoms with Crippen molar-refractivity contribution in [1.82, 2.24) is 5.32 Å². The average molecular weight is 211 g/mol. The van der Waals surface area contributed by atoms with Crippen molar-refractivity contribution in [2.45, 2.75) is 40.2 Å². The molecule has 14 heavy (non-hydrogen) atoms. The van der Waals surface area contributed by atoms with E-state index in [2.05, 4.69) is 49.8 Å². The summed E-state index contributed by atoms with van der Waals surface area (Å²) in [4.78, 5) is 0. The van der Waals surface area contributed by atoms with Gasteiger partial charge in [0.15, 0.2) is 0 Å². The number of nitrogens with one attached hydrogen (secondary N) is 1. The zero-order valence-corrected chi connectivity index (χ0v) is 10.4. The molecule has 0 aliphatic rings. The van der Waals surface area contributed by atoms with Crippen LogP contribution in [0.5, 0.6) is 0 Å². The summed E-state index contributed by atoms with van der Waals surface area (Å²) < 4.78 is 0. The van der Waals surface area contributed by atoms with E-state index < -0.39 is 0 Å². The molecule has 0 bridgehead atoms. The molecule has 1 heterocycles. The molecule has 80 valence electrons. The lowest BCUT2D eigenvalue weighted by atomic mass is 9.86. The summed E-state index contributed by atoms with van der Waals surface area (Å²) in [7, 11) is 0. The second-order valence-electron chi connectivity index (χ2n) is 4.93. The lowest BCUT2D eigenvalue weighted by molar-refractivity contribution is 0.314. The maximum Gasteiger partial charge on any atom is 0.0333 e. The molecule has 1 nitrogen and oxygen atoms in total. The Bertz CT molecular complexity index is 246. The van der Waals surface area contributed by atoms with E-state index in [9.17, 15) is 0 Å². The molecule has 1 rings (SSSR count). The predicted octanol–water partition coefficient (Wildman–Crippen LogP) is 3.83. The molecule has 1 aromatic rings. The summed E-state index contributed by atoms with van der Waals surface area (Å²) in [6, 6.07) is 2.75. The molecule has 0 aliphatic heterocycles. The monoisotopic (exact) mass is 211 g/mol. The Labute approximate surface area is 91.5 Å². The first-order valence-electron chi connectivity index (χ1n) is 5.28. The smallest absolute Gasteiger partial charge is 0.0333 e. The van der Waals surface area contributed by atoms with Crippen molar-refractivity contribution >= 4 is 11.3 Å². The van der Waals surface area contributed by atoms with Gasteiger partial charge in [0, 0.05) is 6.04 Å². The quantitative estimate of drug-likeness (QED) is 0.798. The Kier molecular flexibility index (Phi) is 4.14. The second kappa shape index (κ2) is 4.94. The maximum atomic E-state index is 3.55. The standard InChI is InChI=1S/C12H21NS/c1-5-13-11(8-12(2,3)4)10-6-7-14-9-10/h6-7,9,11,13H,5,8H2,1-4H3. The molecule has 1 aromatic heterocycles. The van der Waals surface area contributed by atoms with Gasteiger partial charge in [0.25, 0.3) is 0 Å². The molecule has 0 saturated carbocycles. The van der Waals surface area contributed by atoms with Crippen molar-refractivity contribution in [1.29, 1.82) is 0 Å². The van der Waals surface area contributed by atoms with Crippen LogP contribution in [0.25, 0.3) is 0 Å². The van der Waals surface area contributed by atoms with Gasteiger partial charge in [-0.25, -0.2) is 0 Å². The third-order valence-corrected chi connectivity index (χ3v) is 2.91. The number of rotatable bonds is 4. The Morgan fingerprint density at radius 2 is 2.14 bits per heavy atom. The fraction of sp³-hybridized carbons (Fsp3) is 0.667. The third kappa shape index (κ3) is 3.81. The van der Waals surface area contributed by atoms with Crippen LogP contribution < -0.4 is 5.32 Å². The molecule has 1 unspecified atom stereocenters. The minimum Gasteiger partial charge on any atom is -0.310 e. The Morgan fingerprint density at radius 1 is 1.43 bits per heavy atom. The first-order chi connectivity index (χ1) is 6.53. The van der Waals surface area contributed by atoms with Gasteiger partial charge in [-0.15, -0.1) is 0 Å². The van der Waals surface area contributed by atoms with E-state index in [0.29, 0.717) is 11.5 Å². The maximum absolute atomic E-state index is 3.55. The second-order valence-corrected chi connectivity index (χ2v) is 5.71. The largest absolute Gasteiger partial charge is 0.310 e. The minimum absolute atomic E-state index is 0.384. The molecule has 0 spiro atoms. The molecule has 0 aliphatic carbocycles. The highest BCUT2D eigenvalue weighted by atomic mass is 32.1. The summed E-state index contributed by atoms with van der Waals surface area (Å²) in [6.07, 6.45) is 1.19. The third-order valence-electron chi connectivity index (χ3n) is 2.21. The van der Waals surface area contributed by atoms with Crippen molar-refractivity contribution in [3.05, 3.63) is 22.4 Å². The van der Waals surface area contributed by atoms with E-state index in [4.69, 9.17) is 0 Å². The van der Waals surface area contributed by atoms with Gasteiger partial charge in [-0.1, -0.05) is 27.7 Å². The first-order valence-corrected chi connectivity index (χ1v) is 6.22. The van der Waals surface area contributed by atoms with Crippen LogP contribution in [0.3, 0.4) is 0 Å². The SMILES string of the molecule is CCNC(CC(C)(C)C)c1ccsc1. The van der Waals surface area contributed by atoms with E-state index in [-0.39, 0.29) is 0 Å². The Hall–Kier alpha value is -0.340. The topological polar surface area (TPSA) is 12.0 Å². The highest BCUT2D eigenvalue weighted by molar-refractivity contribution is 7.07. The van der Waals surface area contributed by atoms with Crippen LogP contribution in [0.1, 0.15) is 45.7 Å². The van der Waals surface area contributed by atoms with E-state index >= 15 is 0 Å². The summed E-state index contributed by atoms with van der Waals surface area (Å²) in [6.45, 7) is 10.1. The first kappa shape index (κ1) is 11.7. The fourth-order valence-electron chi connectivity index (χ4n) is 1.64. The van der Waals surface area contributed by atoms with Crippen molar-refractivity contribution in [2.75, 3.05) is 6.54 Å². The highest BCUT2D eigenvalue weighted by Crippen LogP contribution is 2.30. The lowest BCUT2D eigenvalue weighted by Crippen LogP contribution is -2.25. The van der Waals surface area contributed by atoms with E-state index in [1.165, 1.54) is 12.0 Å². The normalized spacial score (nSPS) is 14.3. The van der Waals surface area contributed by atoms with Gasteiger partial charge >= 0.3 is 0 Å². The molecule has 1 N–H and O–H groups in total. The molecule has 0 amide bonds.